The van der Waals surface area contributed by atoms with Gasteiger partial charge in [-0.1, -0.05) is 13.3 Å². The zero-order valence-electron chi connectivity index (χ0n) is 12.7. The van der Waals surface area contributed by atoms with Gasteiger partial charge in [0, 0.05) is 24.9 Å². The minimum absolute atomic E-state index is 0.581. The summed E-state index contributed by atoms with van der Waals surface area (Å²) >= 11 is 1.86. The maximum Gasteiger partial charge on any atom is 0.191 e. The number of nitrogens with zero attached hydrogens (tertiary/aromatic N) is 2. The molecule has 0 aliphatic carbocycles. The van der Waals surface area contributed by atoms with Crippen LogP contribution >= 0.6 is 11.8 Å². The maximum atomic E-state index is 4.62. The summed E-state index contributed by atoms with van der Waals surface area (Å²) in [6, 6.07) is 0. The second-order valence-electron chi connectivity index (χ2n) is 5.10. The number of nitrogens with one attached hydrogen (secondary N) is 2. The van der Waals surface area contributed by atoms with E-state index < -0.39 is 0 Å². The molecule has 0 aromatic rings. The molecule has 0 amide bonds. The molecule has 1 aliphatic rings. The predicted octanol–water partition coefficient (Wildman–Crippen LogP) is 1.78. The van der Waals surface area contributed by atoms with Crippen molar-refractivity contribution in [2.75, 3.05) is 45.5 Å². The summed E-state index contributed by atoms with van der Waals surface area (Å²) in [5.74, 6) is 0.959. The standard InChI is InChI=1S/C14H30N4S/c1-4-15-14(17-12-13(2)19-3)16-8-11-18-9-6-5-7-10-18/h13H,4-12H2,1-3H3,(H2,15,16,17). The highest BCUT2D eigenvalue weighted by molar-refractivity contribution is 7.99. The Morgan fingerprint density at radius 1 is 1.26 bits per heavy atom. The molecular weight excluding hydrogens is 256 g/mol. The second kappa shape index (κ2) is 10.4. The molecule has 1 fully saturated rings. The van der Waals surface area contributed by atoms with E-state index in [2.05, 4.69) is 40.6 Å². The Hall–Kier alpha value is -0.420. The van der Waals surface area contributed by atoms with Crippen LogP contribution in [-0.4, -0.2) is 61.6 Å². The Morgan fingerprint density at radius 2 is 2.00 bits per heavy atom. The van der Waals surface area contributed by atoms with Gasteiger partial charge in [-0.15, -0.1) is 0 Å². The zero-order chi connectivity index (χ0) is 13.9. The molecule has 0 bridgehead atoms. The van der Waals surface area contributed by atoms with Gasteiger partial charge in [-0.05, 0) is 39.1 Å². The Morgan fingerprint density at radius 3 is 2.63 bits per heavy atom. The first-order valence-corrected chi connectivity index (χ1v) is 8.82. The number of hydrogen-bond acceptors (Lipinski definition) is 3. The first-order valence-electron chi connectivity index (χ1n) is 7.53. The Kier molecular flexibility index (Phi) is 9.08. The van der Waals surface area contributed by atoms with Crippen molar-refractivity contribution in [1.29, 1.82) is 0 Å². The quantitative estimate of drug-likeness (QED) is 0.553. The van der Waals surface area contributed by atoms with Crippen LogP contribution in [0.3, 0.4) is 0 Å². The van der Waals surface area contributed by atoms with Crippen LogP contribution in [0.1, 0.15) is 33.1 Å². The molecule has 2 N–H and O–H groups in total. The number of guanidine groups is 1. The average molecular weight is 286 g/mol. The van der Waals surface area contributed by atoms with E-state index in [0.29, 0.717) is 5.25 Å². The van der Waals surface area contributed by atoms with Crippen LogP contribution in [0.15, 0.2) is 4.99 Å². The number of hydrogen-bond donors (Lipinski definition) is 2. The summed E-state index contributed by atoms with van der Waals surface area (Å²) in [6.07, 6.45) is 6.26. The van der Waals surface area contributed by atoms with E-state index in [1.54, 1.807) is 0 Å². The van der Waals surface area contributed by atoms with E-state index in [4.69, 9.17) is 0 Å². The Labute approximate surface area is 122 Å². The smallest absolute Gasteiger partial charge is 0.191 e. The van der Waals surface area contributed by atoms with Crippen molar-refractivity contribution in [3.05, 3.63) is 0 Å². The lowest BCUT2D eigenvalue weighted by Crippen LogP contribution is -2.42. The summed E-state index contributed by atoms with van der Waals surface area (Å²) < 4.78 is 0. The molecule has 4 nitrogen and oxygen atoms in total. The lowest BCUT2D eigenvalue weighted by molar-refractivity contribution is 0.232. The number of thioether (sulfide) groups is 1. The van der Waals surface area contributed by atoms with Crippen LogP contribution in [0.25, 0.3) is 0 Å². The lowest BCUT2D eigenvalue weighted by atomic mass is 10.1. The van der Waals surface area contributed by atoms with Crippen molar-refractivity contribution in [2.45, 2.75) is 38.4 Å². The van der Waals surface area contributed by atoms with Crippen molar-refractivity contribution in [1.82, 2.24) is 15.5 Å². The number of aliphatic imine (C=N–C) groups is 1. The van der Waals surface area contributed by atoms with E-state index in [0.717, 1.165) is 32.1 Å². The van der Waals surface area contributed by atoms with Crippen molar-refractivity contribution in [2.24, 2.45) is 4.99 Å². The predicted molar refractivity (Wildman–Crippen MR) is 87.2 cm³/mol. The van der Waals surface area contributed by atoms with E-state index in [9.17, 15) is 0 Å². The molecule has 1 rings (SSSR count). The van der Waals surface area contributed by atoms with Gasteiger partial charge in [0.15, 0.2) is 5.96 Å². The van der Waals surface area contributed by atoms with Gasteiger partial charge in [0.1, 0.15) is 0 Å². The number of likely N-dealkylation sites (tertiary alicyclic amines) is 1. The molecule has 112 valence electrons. The molecule has 0 saturated carbocycles. The first kappa shape index (κ1) is 16.6. The molecule has 1 unspecified atom stereocenters. The van der Waals surface area contributed by atoms with Crippen LogP contribution in [0.5, 0.6) is 0 Å². The van der Waals surface area contributed by atoms with Crippen molar-refractivity contribution >= 4 is 17.7 Å². The number of rotatable bonds is 7. The maximum absolute atomic E-state index is 4.62. The van der Waals surface area contributed by atoms with Gasteiger partial charge in [0.25, 0.3) is 0 Å². The van der Waals surface area contributed by atoms with Crippen LogP contribution in [0, 0.1) is 0 Å². The summed E-state index contributed by atoms with van der Waals surface area (Å²) in [4.78, 5) is 7.17. The van der Waals surface area contributed by atoms with E-state index >= 15 is 0 Å². The van der Waals surface area contributed by atoms with E-state index in [1.807, 2.05) is 11.8 Å². The minimum atomic E-state index is 0.581. The molecule has 19 heavy (non-hydrogen) atoms. The van der Waals surface area contributed by atoms with Crippen LogP contribution in [-0.2, 0) is 0 Å². The van der Waals surface area contributed by atoms with Crippen molar-refractivity contribution < 1.29 is 0 Å². The summed E-state index contributed by atoms with van der Waals surface area (Å²) in [5.41, 5.74) is 0. The van der Waals surface area contributed by atoms with Gasteiger partial charge < -0.3 is 15.5 Å². The van der Waals surface area contributed by atoms with Crippen molar-refractivity contribution in [3.63, 3.8) is 0 Å². The topological polar surface area (TPSA) is 39.7 Å². The molecule has 1 heterocycles. The fourth-order valence-electron chi connectivity index (χ4n) is 2.15. The van der Waals surface area contributed by atoms with Gasteiger partial charge in [-0.2, -0.15) is 11.8 Å². The van der Waals surface area contributed by atoms with Crippen LogP contribution < -0.4 is 10.6 Å². The van der Waals surface area contributed by atoms with Gasteiger partial charge in [0.2, 0.25) is 0 Å². The highest BCUT2D eigenvalue weighted by Crippen LogP contribution is 2.07. The summed E-state index contributed by atoms with van der Waals surface area (Å²) in [6.45, 7) is 10.8. The highest BCUT2D eigenvalue weighted by atomic mass is 32.2. The summed E-state index contributed by atoms with van der Waals surface area (Å²) in [7, 11) is 0. The lowest BCUT2D eigenvalue weighted by Gasteiger charge is -2.26. The monoisotopic (exact) mass is 286 g/mol. The average Bonchev–Trinajstić information content (AvgIpc) is 2.45. The van der Waals surface area contributed by atoms with Crippen LogP contribution in [0.4, 0.5) is 0 Å². The van der Waals surface area contributed by atoms with Gasteiger partial charge in [0.05, 0.1) is 6.54 Å². The first-order chi connectivity index (χ1) is 9.26. The van der Waals surface area contributed by atoms with Crippen LogP contribution in [0.2, 0.25) is 0 Å². The minimum Gasteiger partial charge on any atom is -0.357 e. The third kappa shape index (κ3) is 7.67. The van der Waals surface area contributed by atoms with Gasteiger partial charge in [-0.25, -0.2) is 0 Å². The molecule has 5 heteroatoms. The largest absolute Gasteiger partial charge is 0.357 e. The second-order valence-corrected chi connectivity index (χ2v) is 6.37. The SMILES string of the molecule is CCNC(=NCC(C)SC)NCCN1CCCCC1. The third-order valence-electron chi connectivity index (χ3n) is 3.42. The van der Waals surface area contributed by atoms with Gasteiger partial charge >= 0.3 is 0 Å². The number of piperidine rings is 1. The molecule has 0 radical (unpaired) electrons. The van der Waals surface area contributed by atoms with E-state index in [1.165, 1.54) is 32.4 Å². The molecule has 1 atom stereocenters. The van der Waals surface area contributed by atoms with Crippen molar-refractivity contribution in [3.8, 4) is 0 Å². The molecular formula is C14H30N4S. The van der Waals surface area contributed by atoms with E-state index in [-0.39, 0.29) is 0 Å². The molecule has 0 aromatic carbocycles. The fourth-order valence-corrected chi connectivity index (χ4v) is 2.38. The third-order valence-corrected chi connectivity index (χ3v) is 4.38. The molecule has 1 saturated heterocycles. The Balaban J connectivity index is 2.23. The molecule has 1 aliphatic heterocycles. The van der Waals surface area contributed by atoms with Gasteiger partial charge in [-0.3, -0.25) is 4.99 Å². The Bertz CT molecular complexity index is 252. The normalized spacial score (nSPS) is 19.2. The molecule has 0 aromatic heterocycles. The zero-order valence-corrected chi connectivity index (χ0v) is 13.6. The summed E-state index contributed by atoms with van der Waals surface area (Å²) in [5, 5.41) is 7.33. The highest BCUT2D eigenvalue weighted by Gasteiger charge is 2.09. The molecule has 0 spiro atoms. The fraction of sp³-hybridized carbons (Fsp3) is 0.929.